The van der Waals surface area contributed by atoms with E-state index in [0.29, 0.717) is 12.1 Å². The minimum absolute atomic E-state index is 0.453. The highest BCUT2D eigenvalue weighted by Gasteiger charge is 2.29. The molecule has 0 aromatic carbocycles. The summed E-state index contributed by atoms with van der Waals surface area (Å²) in [5.41, 5.74) is 0. The van der Waals surface area contributed by atoms with E-state index < -0.39 is 0 Å². The maximum atomic E-state index is 5.49. The van der Waals surface area contributed by atoms with Crippen LogP contribution in [0.4, 0.5) is 0 Å². The van der Waals surface area contributed by atoms with E-state index in [0.717, 1.165) is 38.4 Å². The van der Waals surface area contributed by atoms with Crippen LogP contribution >= 0.6 is 0 Å². The van der Waals surface area contributed by atoms with Crippen LogP contribution in [0.5, 0.6) is 0 Å². The van der Waals surface area contributed by atoms with Gasteiger partial charge in [-0.25, -0.2) is 0 Å². The van der Waals surface area contributed by atoms with Crippen molar-refractivity contribution >= 4 is 0 Å². The highest BCUT2D eigenvalue weighted by Crippen LogP contribution is 2.14. The fraction of sp³-hybridized carbons (Fsp3) is 0.714. The molecule has 2 heterocycles. The van der Waals surface area contributed by atoms with E-state index in [-0.39, 0.29) is 0 Å². The van der Waals surface area contributed by atoms with Gasteiger partial charge >= 0.3 is 0 Å². The smallest absolute Gasteiger partial charge is 0.105 e. The Morgan fingerprint density at radius 3 is 2.94 bits per heavy atom. The topological polar surface area (TPSA) is 31.7 Å². The molecule has 2 rings (SSSR count). The third-order valence-electron chi connectivity index (χ3n) is 3.83. The van der Waals surface area contributed by atoms with E-state index in [4.69, 9.17) is 4.42 Å². The molecule has 4 nitrogen and oxygen atoms in total. The lowest BCUT2D eigenvalue weighted by atomic mass is 9.99. The zero-order chi connectivity index (χ0) is 13.0. The van der Waals surface area contributed by atoms with Gasteiger partial charge < -0.3 is 14.6 Å². The van der Waals surface area contributed by atoms with Crippen molar-refractivity contribution in [2.24, 2.45) is 0 Å². The molecule has 102 valence electrons. The van der Waals surface area contributed by atoms with Crippen molar-refractivity contribution < 1.29 is 4.42 Å². The second-order valence-corrected chi connectivity index (χ2v) is 5.26. The molecule has 1 aromatic heterocycles. The van der Waals surface area contributed by atoms with Gasteiger partial charge in [0.05, 0.1) is 6.26 Å². The molecule has 1 N–H and O–H groups in total. The molecule has 2 atom stereocenters. The zero-order valence-corrected chi connectivity index (χ0v) is 11.7. The summed E-state index contributed by atoms with van der Waals surface area (Å²) in [5, 5.41) is 3.61. The standard InChI is InChI=1S/C14H25N3O/c1-4-15-13(10-12-6-5-9-18-12)14-11-16(2)7-8-17(14)3/h5-6,9,13-15H,4,7-8,10-11H2,1-3H3. The van der Waals surface area contributed by atoms with Crippen molar-refractivity contribution in [2.45, 2.75) is 25.4 Å². The van der Waals surface area contributed by atoms with E-state index in [9.17, 15) is 0 Å². The summed E-state index contributed by atoms with van der Waals surface area (Å²) in [5.74, 6) is 1.07. The van der Waals surface area contributed by atoms with Crippen molar-refractivity contribution in [3.63, 3.8) is 0 Å². The Morgan fingerprint density at radius 2 is 2.28 bits per heavy atom. The van der Waals surface area contributed by atoms with Crippen LogP contribution in [-0.2, 0) is 6.42 Å². The Bertz CT molecular complexity index is 339. The largest absolute Gasteiger partial charge is 0.469 e. The Labute approximate surface area is 110 Å². The molecule has 1 saturated heterocycles. The van der Waals surface area contributed by atoms with Gasteiger partial charge in [0.15, 0.2) is 0 Å². The van der Waals surface area contributed by atoms with Gasteiger partial charge in [0, 0.05) is 38.1 Å². The first-order valence-corrected chi connectivity index (χ1v) is 6.85. The minimum atomic E-state index is 0.453. The Balaban J connectivity index is 2.03. The minimum Gasteiger partial charge on any atom is -0.469 e. The maximum absolute atomic E-state index is 5.49. The van der Waals surface area contributed by atoms with E-state index in [1.165, 1.54) is 0 Å². The van der Waals surface area contributed by atoms with Gasteiger partial charge in [-0.05, 0) is 32.8 Å². The molecular weight excluding hydrogens is 226 g/mol. The molecule has 1 aliphatic rings. The number of nitrogens with zero attached hydrogens (tertiary/aromatic N) is 2. The molecule has 1 fully saturated rings. The van der Waals surface area contributed by atoms with Crippen molar-refractivity contribution in [3.05, 3.63) is 24.2 Å². The molecule has 0 saturated carbocycles. The van der Waals surface area contributed by atoms with Crippen LogP contribution < -0.4 is 5.32 Å². The monoisotopic (exact) mass is 251 g/mol. The van der Waals surface area contributed by atoms with Crippen LogP contribution in [-0.4, -0.2) is 62.2 Å². The Kier molecular flexibility index (Phi) is 4.80. The van der Waals surface area contributed by atoms with Crippen LogP contribution in [0, 0.1) is 0 Å². The Morgan fingerprint density at radius 1 is 1.44 bits per heavy atom. The third-order valence-corrected chi connectivity index (χ3v) is 3.83. The summed E-state index contributed by atoms with van der Waals surface area (Å²) in [7, 11) is 4.43. The average molecular weight is 251 g/mol. The summed E-state index contributed by atoms with van der Waals surface area (Å²) in [6, 6.07) is 5.04. The van der Waals surface area contributed by atoms with Gasteiger partial charge in [-0.1, -0.05) is 6.92 Å². The molecule has 2 unspecified atom stereocenters. The lowest BCUT2D eigenvalue weighted by molar-refractivity contribution is 0.0866. The number of hydrogen-bond acceptors (Lipinski definition) is 4. The molecular formula is C14H25N3O. The number of nitrogens with one attached hydrogen (secondary N) is 1. The van der Waals surface area contributed by atoms with Crippen molar-refractivity contribution in [2.75, 3.05) is 40.3 Å². The summed E-state index contributed by atoms with van der Waals surface area (Å²) >= 11 is 0. The number of furan rings is 1. The zero-order valence-electron chi connectivity index (χ0n) is 11.7. The van der Waals surface area contributed by atoms with Gasteiger partial charge in [0.2, 0.25) is 0 Å². The predicted octanol–water partition coefficient (Wildman–Crippen LogP) is 1.05. The molecule has 0 aliphatic carbocycles. The van der Waals surface area contributed by atoms with Gasteiger partial charge in [0.25, 0.3) is 0 Å². The van der Waals surface area contributed by atoms with Gasteiger partial charge in [-0.2, -0.15) is 0 Å². The fourth-order valence-corrected chi connectivity index (χ4v) is 2.73. The number of piperazine rings is 1. The number of hydrogen-bond donors (Lipinski definition) is 1. The first-order chi connectivity index (χ1) is 8.70. The first kappa shape index (κ1) is 13.6. The highest BCUT2D eigenvalue weighted by atomic mass is 16.3. The molecule has 0 spiro atoms. The van der Waals surface area contributed by atoms with Crippen LogP contribution in [0.15, 0.2) is 22.8 Å². The third kappa shape index (κ3) is 3.34. The Hall–Kier alpha value is -0.840. The average Bonchev–Trinajstić information content (AvgIpc) is 2.85. The van der Waals surface area contributed by atoms with E-state index in [1.54, 1.807) is 6.26 Å². The molecule has 1 aliphatic heterocycles. The van der Waals surface area contributed by atoms with Crippen molar-refractivity contribution in [1.29, 1.82) is 0 Å². The van der Waals surface area contributed by atoms with Gasteiger partial charge in [-0.15, -0.1) is 0 Å². The number of rotatable bonds is 5. The summed E-state index contributed by atoms with van der Waals surface area (Å²) in [4.78, 5) is 4.88. The molecule has 18 heavy (non-hydrogen) atoms. The maximum Gasteiger partial charge on any atom is 0.105 e. The van der Waals surface area contributed by atoms with E-state index in [1.807, 2.05) is 6.07 Å². The second kappa shape index (κ2) is 6.36. The summed E-state index contributed by atoms with van der Waals surface area (Å²) < 4.78 is 5.49. The molecule has 1 aromatic rings. The quantitative estimate of drug-likeness (QED) is 0.847. The van der Waals surface area contributed by atoms with Crippen molar-refractivity contribution in [1.82, 2.24) is 15.1 Å². The fourth-order valence-electron chi connectivity index (χ4n) is 2.73. The van der Waals surface area contributed by atoms with Crippen LogP contribution in [0.25, 0.3) is 0 Å². The molecule has 0 bridgehead atoms. The number of likely N-dealkylation sites (N-methyl/N-ethyl adjacent to an activating group) is 3. The predicted molar refractivity (Wildman–Crippen MR) is 73.8 cm³/mol. The summed E-state index contributed by atoms with van der Waals surface area (Å²) in [6.07, 6.45) is 2.72. The van der Waals surface area contributed by atoms with Crippen LogP contribution in [0.1, 0.15) is 12.7 Å². The van der Waals surface area contributed by atoms with Gasteiger partial charge in [0.1, 0.15) is 5.76 Å². The normalized spacial score (nSPS) is 24.3. The molecule has 0 amide bonds. The van der Waals surface area contributed by atoms with Crippen LogP contribution in [0.3, 0.4) is 0 Å². The molecule has 0 radical (unpaired) electrons. The van der Waals surface area contributed by atoms with E-state index in [2.05, 4.69) is 42.2 Å². The van der Waals surface area contributed by atoms with Crippen LogP contribution in [0.2, 0.25) is 0 Å². The second-order valence-electron chi connectivity index (χ2n) is 5.26. The van der Waals surface area contributed by atoms with Crippen molar-refractivity contribution in [3.8, 4) is 0 Å². The lowest BCUT2D eigenvalue weighted by Gasteiger charge is -2.42. The SMILES string of the molecule is CCNC(Cc1ccco1)C1CN(C)CCN1C. The lowest BCUT2D eigenvalue weighted by Crippen LogP contribution is -2.59. The van der Waals surface area contributed by atoms with Gasteiger partial charge in [-0.3, -0.25) is 4.90 Å². The van der Waals surface area contributed by atoms with E-state index >= 15 is 0 Å². The summed E-state index contributed by atoms with van der Waals surface area (Å²) in [6.45, 7) is 6.59. The first-order valence-electron chi connectivity index (χ1n) is 6.85. The molecule has 4 heteroatoms. The highest BCUT2D eigenvalue weighted by molar-refractivity contribution is 5.03.